The summed E-state index contributed by atoms with van der Waals surface area (Å²) >= 11 is 3.26. The topological polar surface area (TPSA) is 77.5 Å². The molecular weight excluding hydrogens is 331 g/mol. The van der Waals surface area contributed by atoms with Crippen molar-refractivity contribution in [1.29, 1.82) is 0 Å². The molecule has 5 nitrogen and oxygen atoms in total. The fourth-order valence-electron chi connectivity index (χ4n) is 1.65. The van der Waals surface area contributed by atoms with Crippen LogP contribution in [0.15, 0.2) is 33.2 Å². The highest BCUT2D eigenvalue weighted by atomic mass is 79.9. The van der Waals surface area contributed by atoms with Gasteiger partial charge in [0, 0.05) is 11.6 Å². The number of nitrogens with one attached hydrogen (secondary N) is 1. The molecule has 0 unspecified atom stereocenters. The van der Waals surface area contributed by atoms with Gasteiger partial charge in [-0.25, -0.2) is 10.2 Å². The average molecular weight is 343 g/mol. The van der Waals surface area contributed by atoms with Gasteiger partial charge in [0.1, 0.15) is 23.9 Å². The molecule has 20 heavy (non-hydrogen) atoms. The summed E-state index contributed by atoms with van der Waals surface area (Å²) < 4.78 is 24.5. The van der Waals surface area contributed by atoms with Crippen molar-refractivity contribution in [3.05, 3.63) is 51.6 Å². The molecule has 1 amide bonds. The molecule has 0 saturated heterocycles. The van der Waals surface area contributed by atoms with Crippen molar-refractivity contribution in [2.45, 2.75) is 13.5 Å². The van der Waals surface area contributed by atoms with E-state index in [2.05, 4.69) is 15.9 Å². The molecule has 0 aliphatic carbocycles. The SMILES string of the molecule is Cc1cc(COc2cc(F)ccc2Br)oc1C(=O)NN. The fourth-order valence-corrected chi connectivity index (χ4v) is 2.01. The summed E-state index contributed by atoms with van der Waals surface area (Å²) in [7, 11) is 0. The number of hydrogen-bond donors (Lipinski definition) is 2. The highest BCUT2D eigenvalue weighted by Gasteiger charge is 2.15. The van der Waals surface area contributed by atoms with E-state index in [4.69, 9.17) is 15.0 Å². The number of hydrogen-bond acceptors (Lipinski definition) is 4. The minimum atomic E-state index is -0.513. The van der Waals surface area contributed by atoms with Crippen LogP contribution in [-0.4, -0.2) is 5.91 Å². The second-order valence-electron chi connectivity index (χ2n) is 4.06. The van der Waals surface area contributed by atoms with E-state index in [1.807, 2.05) is 5.43 Å². The minimum Gasteiger partial charge on any atom is -0.484 e. The summed E-state index contributed by atoms with van der Waals surface area (Å²) in [5.41, 5.74) is 2.64. The number of furan rings is 1. The van der Waals surface area contributed by atoms with Crippen LogP contribution >= 0.6 is 15.9 Å². The first-order valence-electron chi connectivity index (χ1n) is 5.69. The van der Waals surface area contributed by atoms with Crippen molar-refractivity contribution in [1.82, 2.24) is 5.43 Å². The van der Waals surface area contributed by atoms with Crippen LogP contribution in [0.5, 0.6) is 5.75 Å². The van der Waals surface area contributed by atoms with E-state index in [1.165, 1.54) is 12.1 Å². The number of hydrazine groups is 1. The number of rotatable bonds is 4. The van der Waals surface area contributed by atoms with E-state index in [-0.39, 0.29) is 12.4 Å². The summed E-state index contributed by atoms with van der Waals surface area (Å²) in [6.45, 7) is 1.79. The van der Waals surface area contributed by atoms with Crippen LogP contribution < -0.4 is 16.0 Å². The van der Waals surface area contributed by atoms with Crippen molar-refractivity contribution in [2.24, 2.45) is 5.84 Å². The van der Waals surface area contributed by atoms with Crippen LogP contribution in [-0.2, 0) is 6.61 Å². The first kappa shape index (κ1) is 14.5. The number of carbonyl (C=O) groups excluding carboxylic acids is 1. The Morgan fingerprint density at radius 2 is 2.25 bits per heavy atom. The Labute approximate surface area is 123 Å². The quantitative estimate of drug-likeness (QED) is 0.508. The normalized spacial score (nSPS) is 10.4. The smallest absolute Gasteiger partial charge is 0.301 e. The molecule has 0 aliphatic heterocycles. The number of ether oxygens (including phenoxy) is 1. The Kier molecular flexibility index (Phi) is 4.41. The predicted molar refractivity (Wildman–Crippen MR) is 73.5 cm³/mol. The molecule has 0 radical (unpaired) electrons. The molecular formula is C13H12BrFN2O3. The summed E-state index contributed by atoms with van der Waals surface area (Å²) in [4.78, 5) is 11.4. The van der Waals surface area contributed by atoms with E-state index >= 15 is 0 Å². The lowest BCUT2D eigenvalue weighted by Gasteiger charge is -2.06. The van der Waals surface area contributed by atoms with Crippen LogP contribution in [0.25, 0.3) is 0 Å². The Morgan fingerprint density at radius 1 is 1.50 bits per heavy atom. The number of nitrogens with two attached hydrogens (primary N) is 1. The van der Waals surface area contributed by atoms with E-state index in [0.717, 1.165) is 0 Å². The van der Waals surface area contributed by atoms with Crippen LogP contribution in [0, 0.1) is 12.7 Å². The van der Waals surface area contributed by atoms with Crippen molar-refractivity contribution in [2.75, 3.05) is 0 Å². The van der Waals surface area contributed by atoms with Gasteiger partial charge in [0.15, 0.2) is 5.76 Å². The number of carbonyl (C=O) groups is 1. The number of benzene rings is 1. The lowest BCUT2D eigenvalue weighted by Crippen LogP contribution is -2.30. The summed E-state index contributed by atoms with van der Waals surface area (Å²) in [5, 5.41) is 0. The van der Waals surface area contributed by atoms with Gasteiger partial charge in [0.25, 0.3) is 0 Å². The summed E-state index contributed by atoms with van der Waals surface area (Å²) in [6, 6.07) is 5.79. The number of aryl methyl sites for hydroxylation is 1. The number of halogens is 2. The molecule has 106 valence electrons. The van der Waals surface area contributed by atoms with E-state index in [9.17, 15) is 9.18 Å². The van der Waals surface area contributed by atoms with Crippen LogP contribution in [0.3, 0.4) is 0 Å². The Hall–Kier alpha value is -1.86. The van der Waals surface area contributed by atoms with E-state index in [0.29, 0.717) is 21.5 Å². The summed E-state index contributed by atoms with van der Waals surface area (Å²) in [5.74, 6) is 5.05. The maximum atomic E-state index is 13.1. The molecule has 2 rings (SSSR count). The zero-order valence-corrected chi connectivity index (χ0v) is 12.2. The number of amides is 1. The first-order chi connectivity index (χ1) is 9.51. The van der Waals surface area contributed by atoms with Gasteiger partial charge in [-0.1, -0.05) is 0 Å². The maximum Gasteiger partial charge on any atom is 0.301 e. The Balaban J connectivity index is 2.11. The van der Waals surface area contributed by atoms with Gasteiger partial charge in [-0.2, -0.15) is 0 Å². The first-order valence-corrected chi connectivity index (χ1v) is 6.48. The van der Waals surface area contributed by atoms with E-state index in [1.54, 1.807) is 19.1 Å². The van der Waals surface area contributed by atoms with Crippen LogP contribution in [0.1, 0.15) is 21.9 Å². The van der Waals surface area contributed by atoms with Crippen LogP contribution in [0.2, 0.25) is 0 Å². The fraction of sp³-hybridized carbons (Fsp3) is 0.154. The molecule has 0 saturated carbocycles. The molecule has 0 bridgehead atoms. The Bertz CT molecular complexity index is 643. The van der Waals surface area contributed by atoms with E-state index < -0.39 is 11.7 Å². The van der Waals surface area contributed by atoms with Crippen molar-refractivity contribution in [3.8, 4) is 5.75 Å². The second kappa shape index (κ2) is 6.06. The zero-order valence-electron chi connectivity index (χ0n) is 10.6. The molecule has 0 fully saturated rings. The third-order valence-corrected chi connectivity index (χ3v) is 3.22. The summed E-state index contributed by atoms with van der Waals surface area (Å²) in [6.07, 6.45) is 0. The molecule has 0 aliphatic rings. The maximum absolute atomic E-state index is 13.1. The van der Waals surface area contributed by atoms with Crippen molar-refractivity contribution >= 4 is 21.8 Å². The van der Waals surface area contributed by atoms with Crippen molar-refractivity contribution < 1.29 is 18.3 Å². The lowest BCUT2D eigenvalue weighted by molar-refractivity contribution is 0.0921. The van der Waals surface area contributed by atoms with Gasteiger partial charge in [-0.15, -0.1) is 0 Å². The van der Waals surface area contributed by atoms with Gasteiger partial charge in [0.2, 0.25) is 0 Å². The highest BCUT2D eigenvalue weighted by Crippen LogP contribution is 2.26. The molecule has 3 N–H and O–H groups in total. The monoisotopic (exact) mass is 342 g/mol. The van der Waals surface area contributed by atoms with Gasteiger partial charge in [-0.05, 0) is 41.1 Å². The Morgan fingerprint density at radius 3 is 2.95 bits per heavy atom. The third kappa shape index (κ3) is 3.17. The lowest BCUT2D eigenvalue weighted by atomic mass is 10.2. The highest BCUT2D eigenvalue weighted by molar-refractivity contribution is 9.10. The molecule has 0 atom stereocenters. The molecule has 1 heterocycles. The van der Waals surface area contributed by atoms with Crippen LogP contribution in [0.4, 0.5) is 4.39 Å². The third-order valence-electron chi connectivity index (χ3n) is 2.57. The standard InChI is InChI=1S/C13H12BrFN2O3/c1-7-4-9(20-12(7)13(18)17-16)6-19-11-5-8(15)2-3-10(11)14/h2-5H,6,16H2,1H3,(H,17,18). The van der Waals surface area contributed by atoms with Gasteiger partial charge in [-0.3, -0.25) is 10.2 Å². The minimum absolute atomic E-state index is 0.0702. The van der Waals surface area contributed by atoms with Crippen molar-refractivity contribution in [3.63, 3.8) is 0 Å². The zero-order chi connectivity index (χ0) is 14.7. The van der Waals surface area contributed by atoms with Gasteiger partial charge >= 0.3 is 5.91 Å². The largest absolute Gasteiger partial charge is 0.484 e. The van der Waals surface area contributed by atoms with Gasteiger partial charge < -0.3 is 9.15 Å². The molecule has 1 aromatic heterocycles. The molecule has 1 aromatic carbocycles. The average Bonchev–Trinajstić information content (AvgIpc) is 2.80. The molecule has 0 spiro atoms. The molecule has 7 heteroatoms. The number of nitrogen functional groups attached to an aromatic ring is 1. The predicted octanol–water partition coefficient (Wildman–Crippen LogP) is 2.67. The second-order valence-corrected chi connectivity index (χ2v) is 4.92. The molecule has 2 aromatic rings. The van der Waals surface area contributed by atoms with Gasteiger partial charge in [0.05, 0.1) is 4.47 Å².